The zero-order valence-corrected chi connectivity index (χ0v) is 12.4. The molecule has 20 heavy (non-hydrogen) atoms. The van der Waals surface area contributed by atoms with E-state index in [0.717, 1.165) is 11.5 Å². The average Bonchev–Trinajstić information content (AvgIpc) is 2.90. The third-order valence-corrected chi connectivity index (χ3v) is 4.21. The van der Waals surface area contributed by atoms with Crippen LogP contribution < -0.4 is 0 Å². The number of aliphatic imine (C=N–C) groups is 1. The second kappa shape index (κ2) is 5.71. The minimum atomic E-state index is 0.0149. The fourth-order valence-electron chi connectivity index (χ4n) is 2.37. The Hall–Kier alpha value is -1.74. The van der Waals surface area contributed by atoms with Crippen molar-refractivity contribution in [2.75, 3.05) is 6.26 Å². The molecule has 102 valence electrons. The van der Waals surface area contributed by atoms with Gasteiger partial charge < -0.3 is 4.74 Å². The fraction of sp³-hybridized carbons (Fsp3) is 0.235. The van der Waals surface area contributed by atoms with Gasteiger partial charge >= 0.3 is 0 Å². The zero-order valence-electron chi connectivity index (χ0n) is 11.6. The highest BCUT2D eigenvalue weighted by Crippen LogP contribution is 2.31. The number of ether oxygens (including phenoxy) is 1. The minimum Gasteiger partial charge on any atom is -0.467 e. The predicted octanol–water partition coefficient (Wildman–Crippen LogP) is 4.32. The molecule has 0 saturated carbocycles. The molecule has 0 spiro atoms. The van der Waals surface area contributed by atoms with E-state index in [9.17, 15) is 0 Å². The van der Waals surface area contributed by atoms with E-state index in [1.807, 2.05) is 30.3 Å². The first-order chi connectivity index (χ1) is 9.78. The van der Waals surface area contributed by atoms with Crippen LogP contribution in [0.2, 0.25) is 0 Å². The van der Waals surface area contributed by atoms with Gasteiger partial charge in [-0.25, -0.2) is 4.99 Å². The highest BCUT2D eigenvalue weighted by atomic mass is 32.2. The van der Waals surface area contributed by atoms with Crippen LogP contribution in [0.25, 0.3) is 0 Å². The minimum absolute atomic E-state index is 0.0149. The van der Waals surface area contributed by atoms with Crippen LogP contribution in [0.3, 0.4) is 0 Å². The summed E-state index contributed by atoms with van der Waals surface area (Å²) < 4.78 is 6.06. The van der Waals surface area contributed by atoms with Gasteiger partial charge in [-0.3, -0.25) is 0 Å². The largest absolute Gasteiger partial charge is 0.467 e. The maximum atomic E-state index is 6.06. The predicted molar refractivity (Wildman–Crippen MR) is 84.5 cm³/mol. The molecule has 0 radical (unpaired) electrons. The Morgan fingerprint density at radius 1 is 1.00 bits per heavy atom. The topological polar surface area (TPSA) is 21.6 Å². The number of benzene rings is 2. The van der Waals surface area contributed by atoms with Gasteiger partial charge in [0.15, 0.2) is 0 Å². The summed E-state index contributed by atoms with van der Waals surface area (Å²) in [7, 11) is 0. The van der Waals surface area contributed by atoms with Crippen molar-refractivity contribution in [2.24, 2.45) is 4.99 Å². The van der Waals surface area contributed by atoms with Crippen LogP contribution in [0, 0.1) is 0 Å². The van der Waals surface area contributed by atoms with Gasteiger partial charge in [0, 0.05) is 10.5 Å². The molecule has 0 bridgehead atoms. The molecule has 3 heteroatoms. The smallest absolute Gasteiger partial charge is 0.217 e. The Morgan fingerprint density at radius 2 is 1.70 bits per heavy atom. The number of hydrogen-bond acceptors (Lipinski definition) is 3. The molecular formula is C17H17NOS. The fourth-order valence-corrected chi connectivity index (χ4v) is 2.77. The zero-order chi connectivity index (χ0) is 13.9. The molecule has 0 fully saturated rings. The van der Waals surface area contributed by atoms with Crippen molar-refractivity contribution in [1.29, 1.82) is 0 Å². The number of hydrogen-bond donors (Lipinski definition) is 0. The van der Waals surface area contributed by atoms with Gasteiger partial charge in [-0.1, -0.05) is 30.3 Å². The first-order valence-electron chi connectivity index (χ1n) is 6.72. The molecule has 0 saturated heterocycles. The second-order valence-electron chi connectivity index (χ2n) is 4.85. The van der Waals surface area contributed by atoms with Crippen LogP contribution in [0.4, 0.5) is 0 Å². The first kappa shape index (κ1) is 13.3. The Labute approximate surface area is 123 Å². The van der Waals surface area contributed by atoms with Crippen molar-refractivity contribution in [1.82, 2.24) is 0 Å². The molecule has 0 unspecified atom stereocenters. The molecule has 2 nitrogen and oxygen atoms in total. The van der Waals surface area contributed by atoms with E-state index in [0.29, 0.717) is 0 Å². The average molecular weight is 283 g/mol. The van der Waals surface area contributed by atoms with Gasteiger partial charge in [-0.05, 0) is 43.0 Å². The Morgan fingerprint density at radius 3 is 2.35 bits per heavy atom. The summed E-state index contributed by atoms with van der Waals surface area (Å²) in [6.07, 6.45) is 2.10. The van der Waals surface area contributed by atoms with Crippen molar-refractivity contribution >= 4 is 17.7 Å². The van der Waals surface area contributed by atoms with Crippen LogP contribution in [-0.4, -0.2) is 18.2 Å². The lowest BCUT2D eigenvalue weighted by Gasteiger charge is -2.15. The molecule has 2 atom stereocenters. The van der Waals surface area contributed by atoms with E-state index in [2.05, 4.69) is 42.4 Å². The molecule has 1 aliphatic rings. The quantitative estimate of drug-likeness (QED) is 0.783. The lowest BCUT2D eigenvalue weighted by molar-refractivity contribution is 0.202. The molecule has 0 aromatic heterocycles. The van der Waals surface area contributed by atoms with Crippen molar-refractivity contribution in [2.45, 2.75) is 24.0 Å². The van der Waals surface area contributed by atoms with Gasteiger partial charge in [-0.2, -0.15) is 0 Å². The van der Waals surface area contributed by atoms with E-state index >= 15 is 0 Å². The summed E-state index contributed by atoms with van der Waals surface area (Å²) in [5.74, 6) is 0.747. The SMILES string of the molecule is CSc1ccc([C@H]2OC(c3ccccc3)=N[C@@H]2C)cc1. The summed E-state index contributed by atoms with van der Waals surface area (Å²) in [5, 5.41) is 0. The monoisotopic (exact) mass is 283 g/mol. The maximum Gasteiger partial charge on any atom is 0.217 e. The molecule has 0 aliphatic carbocycles. The summed E-state index contributed by atoms with van der Waals surface area (Å²) in [5.41, 5.74) is 2.23. The van der Waals surface area contributed by atoms with Gasteiger partial charge in [0.1, 0.15) is 6.10 Å². The van der Waals surface area contributed by atoms with Crippen LogP contribution >= 0.6 is 11.8 Å². The van der Waals surface area contributed by atoms with Crippen LogP contribution in [0.15, 0.2) is 64.5 Å². The van der Waals surface area contributed by atoms with Gasteiger partial charge in [0.2, 0.25) is 5.90 Å². The van der Waals surface area contributed by atoms with Gasteiger partial charge in [0.05, 0.1) is 6.04 Å². The second-order valence-corrected chi connectivity index (χ2v) is 5.73. The lowest BCUT2D eigenvalue weighted by Crippen LogP contribution is -2.11. The summed E-state index contributed by atoms with van der Waals surface area (Å²) in [6, 6.07) is 18.8. The van der Waals surface area contributed by atoms with Crippen molar-refractivity contribution < 1.29 is 4.74 Å². The van der Waals surface area contributed by atoms with Gasteiger partial charge in [0.25, 0.3) is 0 Å². The van der Waals surface area contributed by atoms with Crippen LogP contribution in [0.1, 0.15) is 24.2 Å². The molecule has 1 heterocycles. The number of thioether (sulfide) groups is 1. The van der Waals surface area contributed by atoms with E-state index in [1.54, 1.807) is 11.8 Å². The highest BCUT2D eigenvalue weighted by Gasteiger charge is 2.29. The van der Waals surface area contributed by atoms with Crippen LogP contribution in [0.5, 0.6) is 0 Å². The van der Waals surface area contributed by atoms with E-state index in [-0.39, 0.29) is 12.1 Å². The molecule has 0 N–H and O–H groups in total. The molecule has 2 aromatic rings. The number of rotatable bonds is 3. The molecular weight excluding hydrogens is 266 g/mol. The Balaban J connectivity index is 1.81. The third kappa shape index (κ3) is 2.59. The Bertz CT molecular complexity index is 607. The molecule has 0 amide bonds. The normalized spacial score (nSPS) is 21.4. The standard InChI is InChI=1S/C17H17NOS/c1-12-16(13-8-10-15(20-2)11-9-13)19-17(18-12)14-6-4-3-5-7-14/h3-12,16H,1-2H3/t12-,16+/m1/s1. The van der Waals surface area contributed by atoms with E-state index in [4.69, 9.17) is 4.74 Å². The van der Waals surface area contributed by atoms with Crippen LogP contribution in [-0.2, 0) is 4.74 Å². The first-order valence-corrected chi connectivity index (χ1v) is 7.94. The summed E-state index contributed by atoms with van der Waals surface area (Å²) in [4.78, 5) is 5.92. The third-order valence-electron chi connectivity index (χ3n) is 3.46. The van der Waals surface area contributed by atoms with Crippen molar-refractivity contribution in [3.05, 3.63) is 65.7 Å². The molecule has 3 rings (SSSR count). The molecule has 1 aliphatic heterocycles. The lowest BCUT2D eigenvalue weighted by atomic mass is 10.0. The summed E-state index contributed by atoms with van der Waals surface area (Å²) >= 11 is 1.75. The summed E-state index contributed by atoms with van der Waals surface area (Å²) in [6.45, 7) is 2.10. The van der Waals surface area contributed by atoms with Crippen molar-refractivity contribution in [3.63, 3.8) is 0 Å². The Kier molecular flexibility index (Phi) is 3.79. The van der Waals surface area contributed by atoms with E-state index < -0.39 is 0 Å². The highest BCUT2D eigenvalue weighted by molar-refractivity contribution is 7.98. The van der Waals surface area contributed by atoms with Gasteiger partial charge in [-0.15, -0.1) is 11.8 Å². The molecule has 2 aromatic carbocycles. The maximum absolute atomic E-state index is 6.06. The van der Waals surface area contributed by atoms with Crippen molar-refractivity contribution in [3.8, 4) is 0 Å². The van der Waals surface area contributed by atoms with E-state index in [1.165, 1.54) is 10.5 Å². The number of nitrogens with zero attached hydrogens (tertiary/aromatic N) is 1.